The topological polar surface area (TPSA) is 12.5 Å². The summed E-state index contributed by atoms with van der Waals surface area (Å²) in [6.45, 7) is 3.18. The Morgan fingerprint density at radius 3 is 2.73 bits per heavy atom. The third kappa shape index (κ3) is 4.98. The van der Waals surface area contributed by atoms with Gasteiger partial charge in [-0.2, -0.15) is 0 Å². The first-order chi connectivity index (χ1) is 7.27. The van der Waals surface area contributed by atoms with E-state index in [1.807, 2.05) is 0 Å². The molecule has 4 heteroatoms. The summed E-state index contributed by atoms with van der Waals surface area (Å²) < 4.78 is 5.79. The summed E-state index contributed by atoms with van der Waals surface area (Å²) in [5.74, 6) is 1.01. The van der Waals surface area contributed by atoms with Crippen molar-refractivity contribution in [2.75, 3.05) is 19.5 Å². The van der Waals surface area contributed by atoms with Crippen LogP contribution in [0.4, 0.5) is 0 Å². The maximum atomic E-state index is 5.79. The Hall–Kier alpha value is 0.620. The molecule has 0 atom stereocenters. The third-order valence-electron chi connectivity index (χ3n) is 3.06. The predicted molar refractivity (Wildman–Crippen MR) is 71.5 cm³/mol. The van der Waals surface area contributed by atoms with Crippen LogP contribution >= 0.6 is 22.5 Å². The second-order valence-electron chi connectivity index (χ2n) is 4.34. The molecule has 0 aliphatic heterocycles. The molecule has 0 radical (unpaired) electrons. The monoisotopic (exact) mass is 249 g/mol. The standard InChI is InChI=1S/C11H23NOS2/c1-3-4-5-6-13-11-7-10(8-11)12(2)9-15-14/h10-11,14H,3-9H2,1-2H3. The van der Waals surface area contributed by atoms with E-state index < -0.39 is 0 Å². The van der Waals surface area contributed by atoms with E-state index in [2.05, 4.69) is 30.5 Å². The first kappa shape index (κ1) is 13.7. The van der Waals surface area contributed by atoms with Crippen LogP contribution in [0, 0.1) is 0 Å². The molecule has 0 bridgehead atoms. The van der Waals surface area contributed by atoms with E-state index in [1.54, 1.807) is 10.8 Å². The fourth-order valence-electron chi connectivity index (χ4n) is 1.83. The Balaban J connectivity index is 1.95. The van der Waals surface area contributed by atoms with Crippen LogP contribution in [-0.4, -0.2) is 36.6 Å². The highest BCUT2D eigenvalue weighted by molar-refractivity contribution is 8.68. The summed E-state index contributed by atoms with van der Waals surface area (Å²) >= 11 is 4.16. The predicted octanol–water partition coefficient (Wildman–Crippen LogP) is 3.19. The lowest BCUT2D eigenvalue weighted by molar-refractivity contribution is -0.0421. The van der Waals surface area contributed by atoms with Gasteiger partial charge in [0.25, 0.3) is 0 Å². The average Bonchev–Trinajstić information content (AvgIpc) is 2.15. The lowest BCUT2D eigenvalue weighted by Crippen LogP contribution is -2.46. The number of hydrogen-bond donors (Lipinski definition) is 1. The molecule has 1 aliphatic carbocycles. The molecule has 15 heavy (non-hydrogen) atoms. The molecule has 0 aromatic heterocycles. The molecule has 0 heterocycles. The minimum Gasteiger partial charge on any atom is -0.378 e. The van der Waals surface area contributed by atoms with E-state index in [9.17, 15) is 0 Å². The zero-order chi connectivity index (χ0) is 11.1. The maximum absolute atomic E-state index is 5.79. The van der Waals surface area contributed by atoms with Crippen molar-refractivity contribution in [3.63, 3.8) is 0 Å². The van der Waals surface area contributed by atoms with Gasteiger partial charge >= 0.3 is 0 Å². The molecule has 1 saturated carbocycles. The van der Waals surface area contributed by atoms with Crippen LogP contribution in [0.25, 0.3) is 0 Å². The molecule has 0 N–H and O–H groups in total. The summed E-state index contributed by atoms with van der Waals surface area (Å²) in [6.07, 6.45) is 6.73. The highest BCUT2D eigenvalue weighted by Crippen LogP contribution is 2.28. The molecule has 0 aromatic rings. The number of nitrogens with zero attached hydrogens (tertiary/aromatic N) is 1. The van der Waals surface area contributed by atoms with Gasteiger partial charge in [0.2, 0.25) is 0 Å². The van der Waals surface area contributed by atoms with Gasteiger partial charge in [0, 0.05) is 12.6 Å². The number of hydrogen-bond acceptors (Lipinski definition) is 4. The molecule has 1 rings (SSSR count). The molecule has 1 fully saturated rings. The van der Waals surface area contributed by atoms with E-state index in [4.69, 9.17) is 4.74 Å². The molecular formula is C11H23NOS2. The van der Waals surface area contributed by atoms with Gasteiger partial charge in [0.1, 0.15) is 0 Å². The van der Waals surface area contributed by atoms with Crippen molar-refractivity contribution in [3.8, 4) is 0 Å². The van der Waals surface area contributed by atoms with Crippen LogP contribution in [0.5, 0.6) is 0 Å². The van der Waals surface area contributed by atoms with Crippen LogP contribution < -0.4 is 0 Å². The number of thiol groups is 1. The molecule has 2 nitrogen and oxygen atoms in total. The smallest absolute Gasteiger partial charge is 0.0605 e. The second-order valence-corrected chi connectivity index (χ2v) is 5.63. The minimum atomic E-state index is 0.527. The molecule has 0 aromatic carbocycles. The summed E-state index contributed by atoms with van der Waals surface area (Å²) in [6, 6.07) is 0.723. The SMILES string of the molecule is CCCCCOC1CC(N(C)CSS)C1. The fourth-order valence-corrected chi connectivity index (χ4v) is 2.77. The van der Waals surface area contributed by atoms with Crippen LogP contribution in [0.2, 0.25) is 0 Å². The van der Waals surface area contributed by atoms with Crippen molar-refractivity contribution in [1.82, 2.24) is 4.90 Å². The molecule has 0 unspecified atom stereocenters. The second kappa shape index (κ2) is 7.82. The molecule has 0 amide bonds. The van der Waals surface area contributed by atoms with Crippen molar-refractivity contribution in [3.05, 3.63) is 0 Å². The first-order valence-electron chi connectivity index (χ1n) is 5.86. The van der Waals surface area contributed by atoms with Gasteiger partial charge in [0.05, 0.1) is 12.0 Å². The van der Waals surface area contributed by atoms with Crippen molar-refractivity contribution in [1.29, 1.82) is 0 Å². The van der Waals surface area contributed by atoms with Crippen LogP contribution in [0.15, 0.2) is 0 Å². The Morgan fingerprint density at radius 2 is 2.13 bits per heavy atom. The summed E-state index contributed by atoms with van der Waals surface area (Å²) in [4.78, 5) is 2.36. The summed E-state index contributed by atoms with van der Waals surface area (Å²) in [5, 5.41) is 0. The minimum absolute atomic E-state index is 0.527. The third-order valence-corrected chi connectivity index (χ3v) is 3.93. The van der Waals surface area contributed by atoms with E-state index in [0.717, 1.165) is 18.5 Å². The van der Waals surface area contributed by atoms with Crippen molar-refractivity contribution in [2.45, 2.75) is 51.2 Å². The van der Waals surface area contributed by atoms with Gasteiger partial charge in [-0.15, -0.1) is 11.7 Å². The number of ether oxygens (including phenoxy) is 1. The average molecular weight is 249 g/mol. The van der Waals surface area contributed by atoms with Gasteiger partial charge < -0.3 is 4.74 Å². The Labute approximate surface area is 103 Å². The highest BCUT2D eigenvalue weighted by Gasteiger charge is 2.32. The first-order valence-corrected chi connectivity index (χ1v) is 7.90. The van der Waals surface area contributed by atoms with Gasteiger partial charge in [-0.3, -0.25) is 4.90 Å². The highest BCUT2D eigenvalue weighted by atomic mass is 33.1. The number of unbranched alkanes of at least 4 members (excludes halogenated alkanes) is 2. The number of rotatable bonds is 8. The van der Waals surface area contributed by atoms with Crippen LogP contribution in [0.3, 0.4) is 0 Å². The zero-order valence-electron chi connectivity index (χ0n) is 9.82. The lowest BCUT2D eigenvalue weighted by Gasteiger charge is -2.40. The van der Waals surface area contributed by atoms with E-state index in [0.29, 0.717) is 6.10 Å². The normalized spacial score (nSPS) is 25.6. The quantitative estimate of drug-likeness (QED) is 0.307. The molecule has 0 spiro atoms. The molecule has 90 valence electrons. The van der Waals surface area contributed by atoms with Gasteiger partial charge in [-0.1, -0.05) is 30.6 Å². The molecule has 0 saturated heterocycles. The summed E-state index contributed by atoms with van der Waals surface area (Å²) in [7, 11) is 3.76. The maximum Gasteiger partial charge on any atom is 0.0605 e. The van der Waals surface area contributed by atoms with E-state index >= 15 is 0 Å². The zero-order valence-corrected chi connectivity index (χ0v) is 11.5. The molecular weight excluding hydrogens is 226 g/mol. The Bertz CT molecular complexity index is 163. The van der Waals surface area contributed by atoms with E-state index in [-0.39, 0.29) is 0 Å². The van der Waals surface area contributed by atoms with Crippen LogP contribution in [0.1, 0.15) is 39.0 Å². The van der Waals surface area contributed by atoms with Crippen molar-refractivity contribution in [2.24, 2.45) is 0 Å². The largest absolute Gasteiger partial charge is 0.378 e. The van der Waals surface area contributed by atoms with Gasteiger partial charge in [-0.25, -0.2) is 0 Å². The lowest BCUT2D eigenvalue weighted by atomic mass is 9.88. The van der Waals surface area contributed by atoms with Crippen molar-refractivity contribution < 1.29 is 4.74 Å². The Kier molecular flexibility index (Phi) is 7.14. The molecule has 1 aliphatic rings. The Morgan fingerprint density at radius 1 is 1.40 bits per heavy atom. The van der Waals surface area contributed by atoms with Gasteiger partial charge in [0.15, 0.2) is 0 Å². The summed E-state index contributed by atoms with van der Waals surface area (Å²) in [5.41, 5.74) is 0. The van der Waals surface area contributed by atoms with Crippen molar-refractivity contribution >= 4 is 22.5 Å². The van der Waals surface area contributed by atoms with Gasteiger partial charge in [-0.05, 0) is 26.3 Å². The van der Waals surface area contributed by atoms with Crippen LogP contribution in [-0.2, 0) is 4.74 Å². The fraction of sp³-hybridized carbons (Fsp3) is 1.00. The van der Waals surface area contributed by atoms with E-state index in [1.165, 1.54) is 32.1 Å².